The fourth-order valence-electron chi connectivity index (χ4n) is 1.53. The molecule has 0 aliphatic carbocycles. The largest absolute Gasteiger partial charge is 0.339 e. The number of aromatic nitrogens is 3. The molecule has 0 amide bonds. The van der Waals surface area contributed by atoms with Crippen molar-refractivity contribution >= 4 is 0 Å². The minimum atomic E-state index is -0.0490. The van der Waals surface area contributed by atoms with Crippen LogP contribution >= 0.6 is 0 Å². The predicted molar refractivity (Wildman–Crippen MR) is 58.8 cm³/mol. The summed E-state index contributed by atoms with van der Waals surface area (Å²) in [7, 11) is 1.87. The Kier molecular flexibility index (Phi) is 3.26. The molecule has 2 aromatic rings. The zero-order chi connectivity index (χ0) is 11.4. The fourth-order valence-corrected chi connectivity index (χ4v) is 1.53. The van der Waals surface area contributed by atoms with Gasteiger partial charge in [-0.05, 0) is 24.7 Å². The van der Waals surface area contributed by atoms with E-state index in [1.165, 1.54) is 0 Å². The van der Waals surface area contributed by atoms with Gasteiger partial charge in [-0.25, -0.2) is 0 Å². The lowest BCUT2D eigenvalue weighted by molar-refractivity contribution is 0.373. The monoisotopic (exact) mass is 218 g/mol. The van der Waals surface area contributed by atoms with Crippen molar-refractivity contribution in [1.82, 2.24) is 20.4 Å². The number of rotatable bonds is 4. The molecule has 0 radical (unpaired) electrons. The van der Waals surface area contributed by atoms with Crippen LogP contribution in [0.1, 0.15) is 30.2 Å². The Morgan fingerprint density at radius 1 is 1.38 bits per heavy atom. The average molecular weight is 218 g/mol. The molecule has 2 rings (SSSR count). The van der Waals surface area contributed by atoms with Gasteiger partial charge in [0.05, 0.1) is 6.04 Å². The molecule has 1 N–H and O–H groups in total. The summed E-state index contributed by atoms with van der Waals surface area (Å²) in [4.78, 5) is 8.30. The van der Waals surface area contributed by atoms with Crippen LogP contribution in [0.3, 0.4) is 0 Å². The van der Waals surface area contributed by atoms with Crippen molar-refractivity contribution in [3.8, 4) is 0 Å². The van der Waals surface area contributed by atoms with Crippen LogP contribution in [-0.4, -0.2) is 22.2 Å². The highest BCUT2D eigenvalue weighted by molar-refractivity contribution is 5.21. The van der Waals surface area contributed by atoms with E-state index in [-0.39, 0.29) is 6.04 Å². The van der Waals surface area contributed by atoms with Crippen LogP contribution in [0.4, 0.5) is 0 Å². The Morgan fingerprint density at radius 3 is 2.69 bits per heavy atom. The molecule has 1 atom stereocenters. The quantitative estimate of drug-likeness (QED) is 0.838. The molecule has 0 bridgehead atoms. The number of pyridine rings is 1. The molecule has 0 spiro atoms. The molecule has 0 saturated carbocycles. The second-order valence-electron chi connectivity index (χ2n) is 3.40. The van der Waals surface area contributed by atoms with Gasteiger partial charge in [-0.15, -0.1) is 0 Å². The molecule has 84 valence electrons. The van der Waals surface area contributed by atoms with Crippen molar-refractivity contribution in [3.05, 3.63) is 41.8 Å². The van der Waals surface area contributed by atoms with Crippen molar-refractivity contribution in [3.63, 3.8) is 0 Å². The van der Waals surface area contributed by atoms with Crippen LogP contribution in [0.25, 0.3) is 0 Å². The van der Waals surface area contributed by atoms with Crippen molar-refractivity contribution in [2.45, 2.75) is 19.4 Å². The standard InChI is InChI=1S/C11H14N4O/c1-3-9-14-11(15-16-9)10(12-2)8-4-6-13-7-5-8/h4-7,10,12H,3H2,1-2H3/t10-/m1/s1. The third-order valence-corrected chi connectivity index (χ3v) is 2.37. The van der Waals surface area contributed by atoms with Gasteiger partial charge in [0.15, 0.2) is 5.82 Å². The van der Waals surface area contributed by atoms with E-state index in [4.69, 9.17) is 4.52 Å². The van der Waals surface area contributed by atoms with Gasteiger partial charge in [0, 0.05) is 18.8 Å². The lowest BCUT2D eigenvalue weighted by atomic mass is 10.1. The molecule has 5 nitrogen and oxygen atoms in total. The molecule has 16 heavy (non-hydrogen) atoms. The van der Waals surface area contributed by atoms with Crippen LogP contribution in [0.5, 0.6) is 0 Å². The zero-order valence-electron chi connectivity index (χ0n) is 9.34. The number of hydrogen-bond acceptors (Lipinski definition) is 5. The van der Waals surface area contributed by atoms with Gasteiger partial charge in [0.1, 0.15) is 0 Å². The van der Waals surface area contributed by atoms with Gasteiger partial charge in [-0.1, -0.05) is 12.1 Å². The van der Waals surface area contributed by atoms with Gasteiger partial charge >= 0.3 is 0 Å². The van der Waals surface area contributed by atoms with E-state index in [9.17, 15) is 0 Å². The Hall–Kier alpha value is -1.75. The predicted octanol–water partition coefficient (Wildman–Crippen LogP) is 1.34. The first-order chi connectivity index (χ1) is 7.85. The normalized spacial score (nSPS) is 12.6. The van der Waals surface area contributed by atoms with Gasteiger partial charge in [-0.3, -0.25) is 4.98 Å². The van der Waals surface area contributed by atoms with Gasteiger partial charge in [0.2, 0.25) is 5.89 Å². The highest BCUT2D eigenvalue weighted by Crippen LogP contribution is 2.18. The Morgan fingerprint density at radius 2 is 2.12 bits per heavy atom. The smallest absolute Gasteiger partial charge is 0.226 e. The number of hydrogen-bond donors (Lipinski definition) is 1. The molecule has 5 heteroatoms. The van der Waals surface area contributed by atoms with Crippen molar-refractivity contribution in [1.29, 1.82) is 0 Å². The second-order valence-corrected chi connectivity index (χ2v) is 3.40. The number of aryl methyl sites for hydroxylation is 1. The Bertz CT molecular complexity index is 440. The summed E-state index contributed by atoms with van der Waals surface area (Å²) in [5, 5.41) is 7.12. The fraction of sp³-hybridized carbons (Fsp3) is 0.364. The SMILES string of the molecule is CCc1nc([C@H](NC)c2ccncc2)no1. The molecule has 2 aromatic heterocycles. The van der Waals surface area contributed by atoms with Crippen LogP contribution in [0.2, 0.25) is 0 Å². The molecular weight excluding hydrogens is 204 g/mol. The molecule has 0 unspecified atom stereocenters. The molecule has 0 aromatic carbocycles. The molecule has 2 heterocycles. The summed E-state index contributed by atoms with van der Waals surface area (Å²) in [5.74, 6) is 1.31. The van der Waals surface area contributed by atoms with Crippen molar-refractivity contribution < 1.29 is 4.52 Å². The summed E-state index contributed by atoms with van der Waals surface area (Å²) < 4.78 is 5.10. The minimum absolute atomic E-state index is 0.0490. The van der Waals surface area contributed by atoms with Gasteiger partial charge in [0.25, 0.3) is 0 Å². The highest BCUT2D eigenvalue weighted by atomic mass is 16.5. The first kappa shape index (κ1) is 10.8. The van der Waals surface area contributed by atoms with E-state index < -0.39 is 0 Å². The lowest BCUT2D eigenvalue weighted by Gasteiger charge is -2.11. The zero-order valence-corrected chi connectivity index (χ0v) is 9.34. The molecule has 0 saturated heterocycles. The van der Waals surface area contributed by atoms with E-state index in [0.717, 1.165) is 12.0 Å². The third-order valence-electron chi connectivity index (χ3n) is 2.37. The third kappa shape index (κ3) is 2.09. The number of nitrogens with one attached hydrogen (secondary N) is 1. The van der Waals surface area contributed by atoms with E-state index in [1.54, 1.807) is 12.4 Å². The molecule has 0 fully saturated rings. The first-order valence-electron chi connectivity index (χ1n) is 5.24. The summed E-state index contributed by atoms with van der Waals surface area (Å²) >= 11 is 0. The summed E-state index contributed by atoms with van der Waals surface area (Å²) in [6.07, 6.45) is 4.25. The van der Waals surface area contributed by atoms with Crippen LogP contribution in [-0.2, 0) is 6.42 Å². The highest BCUT2D eigenvalue weighted by Gasteiger charge is 2.17. The summed E-state index contributed by atoms with van der Waals surface area (Å²) in [6, 6.07) is 3.82. The van der Waals surface area contributed by atoms with E-state index in [0.29, 0.717) is 11.7 Å². The second kappa shape index (κ2) is 4.85. The maximum Gasteiger partial charge on any atom is 0.226 e. The topological polar surface area (TPSA) is 63.8 Å². The molecular formula is C11H14N4O. The van der Waals surface area contributed by atoms with E-state index in [1.807, 2.05) is 26.1 Å². The van der Waals surface area contributed by atoms with E-state index >= 15 is 0 Å². The number of nitrogens with zero attached hydrogens (tertiary/aromatic N) is 3. The van der Waals surface area contributed by atoms with Crippen LogP contribution in [0, 0.1) is 0 Å². The Balaban J connectivity index is 2.29. The van der Waals surface area contributed by atoms with Gasteiger partial charge < -0.3 is 9.84 Å². The first-order valence-corrected chi connectivity index (χ1v) is 5.24. The van der Waals surface area contributed by atoms with Crippen LogP contribution < -0.4 is 5.32 Å². The summed E-state index contributed by atoms with van der Waals surface area (Å²) in [5.41, 5.74) is 1.07. The average Bonchev–Trinajstić information content (AvgIpc) is 2.80. The van der Waals surface area contributed by atoms with Crippen molar-refractivity contribution in [2.75, 3.05) is 7.05 Å². The minimum Gasteiger partial charge on any atom is -0.339 e. The molecule has 0 aliphatic rings. The Labute approximate surface area is 93.9 Å². The maximum atomic E-state index is 5.10. The maximum absolute atomic E-state index is 5.10. The van der Waals surface area contributed by atoms with Gasteiger partial charge in [-0.2, -0.15) is 4.98 Å². The molecule has 0 aliphatic heterocycles. The summed E-state index contributed by atoms with van der Waals surface area (Å²) in [6.45, 7) is 1.98. The van der Waals surface area contributed by atoms with E-state index in [2.05, 4.69) is 20.4 Å². The van der Waals surface area contributed by atoms with Crippen LogP contribution in [0.15, 0.2) is 29.0 Å². The lowest BCUT2D eigenvalue weighted by Crippen LogP contribution is -2.19. The van der Waals surface area contributed by atoms with Crippen molar-refractivity contribution in [2.24, 2.45) is 0 Å².